The lowest BCUT2D eigenvalue weighted by Gasteiger charge is -2.10. The SMILES string of the molecule is CCOC(=O)c1ccc(Nc2cc(C(=O)NCc3ccccc3)nc(C)n2)cc1. The first-order valence-electron chi connectivity index (χ1n) is 9.27. The van der Waals surface area contributed by atoms with Crippen molar-refractivity contribution in [1.29, 1.82) is 0 Å². The summed E-state index contributed by atoms with van der Waals surface area (Å²) in [6.45, 7) is 4.23. The second-order valence-corrected chi connectivity index (χ2v) is 6.28. The van der Waals surface area contributed by atoms with E-state index in [9.17, 15) is 9.59 Å². The summed E-state index contributed by atoms with van der Waals surface area (Å²) >= 11 is 0. The molecular formula is C22H22N4O3. The van der Waals surface area contributed by atoms with Crippen LogP contribution >= 0.6 is 0 Å². The first-order valence-corrected chi connectivity index (χ1v) is 9.27. The molecule has 3 rings (SSSR count). The molecule has 1 aromatic heterocycles. The lowest BCUT2D eigenvalue weighted by atomic mass is 10.2. The fraction of sp³-hybridized carbons (Fsp3) is 0.182. The van der Waals surface area contributed by atoms with Crippen LogP contribution in [0.3, 0.4) is 0 Å². The molecule has 0 aliphatic heterocycles. The number of anilines is 2. The summed E-state index contributed by atoms with van der Waals surface area (Å²) in [6, 6.07) is 18.1. The lowest BCUT2D eigenvalue weighted by molar-refractivity contribution is 0.0526. The van der Waals surface area contributed by atoms with Crippen molar-refractivity contribution in [2.24, 2.45) is 0 Å². The van der Waals surface area contributed by atoms with Gasteiger partial charge in [0.25, 0.3) is 5.91 Å². The summed E-state index contributed by atoms with van der Waals surface area (Å²) < 4.78 is 4.97. The maximum absolute atomic E-state index is 12.5. The van der Waals surface area contributed by atoms with E-state index in [1.54, 1.807) is 44.2 Å². The van der Waals surface area contributed by atoms with Crippen LogP contribution < -0.4 is 10.6 Å². The van der Waals surface area contributed by atoms with Crippen molar-refractivity contribution in [2.75, 3.05) is 11.9 Å². The molecule has 1 heterocycles. The zero-order valence-electron chi connectivity index (χ0n) is 16.3. The van der Waals surface area contributed by atoms with Crippen LogP contribution in [-0.2, 0) is 11.3 Å². The average molecular weight is 390 g/mol. The lowest BCUT2D eigenvalue weighted by Crippen LogP contribution is -2.24. The number of aryl methyl sites for hydroxylation is 1. The Kier molecular flexibility index (Phi) is 6.52. The van der Waals surface area contributed by atoms with Gasteiger partial charge in [-0.1, -0.05) is 30.3 Å². The zero-order chi connectivity index (χ0) is 20.6. The third-order valence-electron chi connectivity index (χ3n) is 4.03. The predicted molar refractivity (Wildman–Crippen MR) is 110 cm³/mol. The molecule has 0 aliphatic carbocycles. The fourth-order valence-electron chi connectivity index (χ4n) is 2.67. The van der Waals surface area contributed by atoms with Crippen molar-refractivity contribution < 1.29 is 14.3 Å². The smallest absolute Gasteiger partial charge is 0.338 e. The number of hydrogen-bond acceptors (Lipinski definition) is 6. The summed E-state index contributed by atoms with van der Waals surface area (Å²) in [5.74, 6) is 0.323. The van der Waals surface area contributed by atoms with E-state index in [1.165, 1.54) is 0 Å². The molecule has 3 aromatic rings. The highest BCUT2D eigenvalue weighted by Crippen LogP contribution is 2.17. The number of carbonyl (C=O) groups is 2. The van der Waals surface area contributed by atoms with E-state index in [0.29, 0.717) is 30.4 Å². The number of nitrogens with one attached hydrogen (secondary N) is 2. The van der Waals surface area contributed by atoms with Gasteiger partial charge in [0.2, 0.25) is 0 Å². The maximum Gasteiger partial charge on any atom is 0.338 e. The third-order valence-corrected chi connectivity index (χ3v) is 4.03. The van der Waals surface area contributed by atoms with Gasteiger partial charge >= 0.3 is 5.97 Å². The zero-order valence-corrected chi connectivity index (χ0v) is 16.3. The molecule has 2 aromatic carbocycles. The van der Waals surface area contributed by atoms with Crippen molar-refractivity contribution in [3.63, 3.8) is 0 Å². The molecule has 0 spiro atoms. The van der Waals surface area contributed by atoms with Crippen molar-refractivity contribution in [3.05, 3.63) is 83.3 Å². The normalized spacial score (nSPS) is 10.3. The number of amides is 1. The van der Waals surface area contributed by atoms with Crippen molar-refractivity contribution in [1.82, 2.24) is 15.3 Å². The van der Waals surface area contributed by atoms with E-state index in [0.717, 1.165) is 11.3 Å². The van der Waals surface area contributed by atoms with E-state index in [1.807, 2.05) is 30.3 Å². The van der Waals surface area contributed by atoms with Crippen molar-refractivity contribution in [3.8, 4) is 0 Å². The van der Waals surface area contributed by atoms with Crippen LogP contribution in [0.4, 0.5) is 11.5 Å². The van der Waals surface area contributed by atoms with Crippen molar-refractivity contribution in [2.45, 2.75) is 20.4 Å². The Morgan fingerprint density at radius 2 is 1.72 bits per heavy atom. The first-order chi connectivity index (χ1) is 14.0. The first kappa shape index (κ1) is 20.0. The van der Waals surface area contributed by atoms with Crippen LogP contribution in [0, 0.1) is 6.92 Å². The van der Waals surface area contributed by atoms with Gasteiger partial charge in [-0.25, -0.2) is 14.8 Å². The van der Waals surface area contributed by atoms with E-state index in [4.69, 9.17) is 4.74 Å². The molecule has 0 unspecified atom stereocenters. The van der Waals surface area contributed by atoms with Gasteiger partial charge in [-0.05, 0) is 43.7 Å². The minimum Gasteiger partial charge on any atom is -0.462 e. The fourth-order valence-corrected chi connectivity index (χ4v) is 2.67. The maximum atomic E-state index is 12.5. The van der Waals surface area contributed by atoms with Crippen LogP contribution in [0.5, 0.6) is 0 Å². The number of ether oxygens (including phenoxy) is 1. The molecule has 0 saturated heterocycles. The number of hydrogen-bond donors (Lipinski definition) is 2. The molecule has 0 fully saturated rings. The molecule has 0 radical (unpaired) electrons. The van der Waals surface area contributed by atoms with Gasteiger partial charge in [0.05, 0.1) is 12.2 Å². The van der Waals surface area contributed by atoms with Gasteiger partial charge in [-0.3, -0.25) is 4.79 Å². The molecule has 29 heavy (non-hydrogen) atoms. The summed E-state index contributed by atoms with van der Waals surface area (Å²) in [4.78, 5) is 32.8. The summed E-state index contributed by atoms with van der Waals surface area (Å²) in [5.41, 5.74) is 2.48. The molecule has 0 bridgehead atoms. The van der Waals surface area contributed by atoms with Gasteiger partial charge < -0.3 is 15.4 Å². The summed E-state index contributed by atoms with van der Waals surface area (Å²) in [5, 5.41) is 5.99. The van der Waals surface area contributed by atoms with Crippen LogP contribution in [0.1, 0.15) is 39.2 Å². The van der Waals surface area contributed by atoms with Crippen LogP contribution in [0.2, 0.25) is 0 Å². The molecule has 1 amide bonds. The second-order valence-electron chi connectivity index (χ2n) is 6.28. The Labute approximate surface area is 169 Å². The second kappa shape index (κ2) is 9.45. The number of nitrogens with zero attached hydrogens (tertiary/aromatic N) is 2. The molecule has 0 aliphatic rings. The molecular weight excluding hydrogens is 368 g/mol. The quantitative estimate of drug-likeness (QED) is 0.599. The molecule has 0 atom stereocenters. The standard InChI is InChI=1S/C22H22N4O3/c1-3-29-22(28)17-9-11-18(12-10-17)26-20-13-19(24-15(2)25-20)21(27)23-14-16-7-5-4-6-8-16/h4-13H,3,14H2,1-2H3,(H,23,27)(H,24,25,26). The Morgan fingerprint density at radius 3 is 2.41 bits per heavy atom. The highest BCUT2D eigenvalue weighted by molar-refractivity contribution is 5.93. The van der Waals surface area contributed by atoms with E-state index in [2.05, 4.69) is 20.6 Å². The summed E-state index contributed by atoms with van der Waals surface area (Å²) in [7, 11) is 0. The molecule has 7 nitrogen and oxygen atoms in total. The van der Waals surface area contributed by atoms with E-state index >= 15 is 0 Å². The molecule has 0 saturated carbocycles. The molecule has 148 valence electrons. The summed E-state index contributed by atoms with van der Waals surface area (Å²) in [6.07, 6.45) is 0. The Morgan fingerprint density at radius 1 is 1.00 bits per heavy atom. The number of benzene rings is 2. The van der Waals surface area contributed by atoms with Gasteiger partial charge in [0, 0.05) is 18.3 Å². The van der Waals surface area contributed by atoms with Gasteiger partial charge in [-0.15, -0.1) is 0 Å². The average Bonchev–Trinajstić information content (AvgIpc) is 2.73. The van der Waals surface area contributed by atoms with Crippen LogP contribution in [-0.4, -0.2) is 28.5 Å². The Hall–Kier alpha value is -3.74. The predicted octanol–water partition coefficient (Wildman–Crippen LogP) is 3.64. The van der Waals surface area contributed by atoms with Crippen LogP contribution in [0.25, 0.3) is 0 Å². The number of carbonyl (C=O) groups excluding carboxylic acids is 2. The minimum atomic E-state index is -0.366. The van der Waals surface area contributed by atoms with Gasteiger partial charge in [-0.2, -0.15) is 0 Å². The van der Waals surface area contributed by atoms with Crippen molar-refractivity contribution >= 4 is 23.4 Å². The molecule has 7 heteroatoms. The minimum absolute atomic E-state index is 0.277. The third kappa shape index (κ3) is 5.62. The number of esters is 1. The monoisotopic (exact) mass is 390 g/mol. The highest BCUT2D eigenvalue weighted by atomic mass is 16.5. The number of aromatic nitrogens is 2. The highest BCUT2D eigenvalue weighted by Gasteiger charge is 2.11. The van der Waals surface area contributed by atoms with Gasteiger partial charge in [0.1, 0.15) is 17.3 Å². The molecule has 2 N–H and O–H groups in total. The Bertz CT molecular complexity index is 989. The van der Waals surface area contributed by atoms with Gasteiger partial charge in [0.15, 0.2) is 0 Å². The Balaban J connectivity index is 1.68. The number of rotatable bonds is 7. The van der Waals surface area contributed by atoms with E-state index in [-0.39, 0.29) is 17.6 Å². The largest absolute Gasteiger partial charge is 0.462 e. The van der Waals surface area contributed by atoms with Crippen LogP contribution in [0.15, 0.2) is 60.7 Å². The van der Waals surface area contributed by atoms with E-state index < -0.39 is 0 Å². The topological polar surface area (TPSA) is 93.2 Å².